The number of ether oxygens (including phenoxy) is 2. The van der Waals surface area contributed by atoms with Gasteiger partial charge < -0.3 is 20.1 Å². The van der Waals surface area contributed by atoms with Crippen molar-refractivity contribution >= 4 is 5.91 Å². The molecule has 1 aliphatic rings. The lowest BCUT2D eigenvalue weighted by molar-refractivity contribution is -0.138. The molecule has 0 aromatic carbocycles. The van der Waals surface area contributed by atoms with Crippen LogP contribution in [0.2, 0.25) is 0 Å². The van der Waals surface area contributed by atoms with Crippen molar-refractivity contribution in [3.63, 3.8) is 0 Å². The Morgan fingerprint density at radius 2 is 2.19 bits per heavy atom. The molecule has 1 amide bonds. The number of amides is 1. The highest BCUT2D eigenvalue weighted by Gasteiger charge is 2.16. The van der Waals surface area contributed by atoms with Crippen molar-refractivity contribution in [2.75, 3.05) is 40.0 Å². The fourth-order valence-corrected chi connectivity index (χ4v) is 1.60. The molecule has 0 aliphatic carbocycles. The summed E-state index contributed by atoms with van der Waals surface area (Å²) in [6.45, 7) is 2.96. The summed E-state index contributed by atoms with van der Waals surface area (Å²) in [5, 5.41) is 0. The van der Waals surface area contributed by atoms with E-state index in [1.165, 1.54) is 0 Å². The van der Waals surface area contributed by atoms with Gasteiger partial charge in [0.2, 0.25) is 5.91 Å². The monoisotopic (exact) mass is 230 g/mol. The summed E-state index contributed by atoms with van der Waals surface area (Å²) in [6.07, 6.45) is 2.79. The third-order valence-electron chi connectivity index (χ3n) is 2.73. The Balaban J connectivity index is 2.12. The zero-order chi connectivity index (χ0) is 11.8. The highest BCUT2D eigenvalue weighted by atomic mass is 16.5. The first-order valence-electron chi connectivity index (χ1n) is 5.87. The van der Waals surface area contributed by atoms with Gasteiger partial charge in [0.25, 0.3) is 0 Å². The van der Waals surface area contributed by atoms with E-state index in [0.717, 1.165) is 32.5 Å². The minimum Gasteiger partial charge on any atom is -0.381 e. The number of likely N-dealkylation sites (N-methyl/N-ethyl adjacent to an activating group) is 1. The van der Waals surface area contributed by atoms with Gasteiger partial charge in [-0.25, -0.2) is 0 Å². The minimum absolute atomic E-state index is 0.0277. The van der Waals surface area contributed by atoms with Crippen LogP contribution in [-0.2, 0) is 14.3 Å². The molecule has 0 bridgehead atoms. The molecule has 5 heteroatoms. The lowest BCUT2D eigenvalue weighted by Gasteiger charge is -2.23. The number of nitrogens with zero attached hydrogens (tertiary/aromatic N) is 1. The topological polar surface area (TPSA) is 64.8 Å². The third-order valence-corrected chi connectivity index (χ3v) is 2.73. The summed E-state index contributed by atoms with van der Waals surface area (Å²) >= 11 is 0. The van der Waals surface area contributed by atoms with Crippen LogP contribution in [-0.4, -0.2) is 56.9 Å². The molecule has 0 aromatic heterocycles. The first-order chi connectivity index (χ1) is 7.74. The molecule has 0 radical (unpaired) electrons. The summed E-state index contributed by atoms with van der Waals surface area (Å²) in [6, 6.07) is 0. The van der Waals surface area contributed by atoms with Gasteiger partial charge in [0, 0.05) is 26.8 Å². The molecule has 0 spiro atoms. The second kappa shape index (κ2) is 7.60. The molecule has 0 unspecified atom stereocenters. The fraction of sp³-hybridized carbons (Fsp3) is 0.909. The SMILES string of the molecule is CN(CCCN)C(=O)COC1CCOCC1. The van der Waals surface area contributed by atoms with Crippen LogP contribution in [0.25, 0.3) is 0 Å². The van der Waals surface area contributed by atoms with Gasteiger partial charge in [-0.1, -0.05) is 0 Å². The average Bonchev–Trinajstić information content (AvgIpc) is 2.34. The van der Waals surface area contributed by atoms with Gasteiger partial charge in [-0.2, -0.15) is 0 Å². The average molecular weight is 230 g/mol. The Morgan fingerprint density at radius 3 is 2.81 bits per heavy atom. The van der Waals surface area contributed by atoms with E-state index in [1.54, 1.807) is 11.9 Å². The van der Waals surface area contributed by atoms with Crippen molar-refractivity contribution in [2.45, 2.75) is 25.4 Å². The molecule has 0 atom stereocenters. The maximum atomic E-state index is 11.6. The molecule has 1 aliphatic heterocycles. The Hall–Kier alpha value is -0.650. The van der Waals surface area contributed by atoms with E-state index in [0.29, 0.717) is 13.1 Å². The highest BCUT2D eigenvalue weighted by Crippen LogP contribution is 2.10. The van der Waals surface area contributed by atoms with E-state index in [-0.39, 0.29) is 18.6 Å². The Labute approximate surface area is 96.9 Å². The number of rotatable bonds is 6. The Bertz CT molecular complexity index is 205. The van der Waals surface area contributed by atoms with E-state index in [2.05, 4.69) is 0 Å². The predicted molar refractivity (Wildman–Crippen MR) is 61.1 cm³/mol. The number of hydrogen-bond acceptors (Lipinski definition) is 4. The predicted octanol–water partition coefficient (Wildman–Crippen LogP) is -0.0108. The lowest BCUT2D eigenvalue weighted by atomic mass is 10.1. The zero-order valence-corrected chi connectivity index (χ0v) is 9.98. The molecular formula is C11H22N2O3. The van der Waals surface area contributed by atoms with Crippen molar-refractivity contribution in [3.05, 3.63) is 0 Å². The molecule has 2 N–H and O–H groups in total. The summed E-state index contributed by atoms with van der Waals surface area (Å²) in [5.41, 5.74) is 5.38. The van der Waals surface area contributed by atoms with Gasteiger partial charge in [0.1, 0.15) is 6.61 Å². The maximum absolute atomic E-state index is 11.6. The summed E-state index contributed by atoms with van der Waals surface area (Å²) in [4.78, 5) is 13.3. The smallest absolute Gasteiger partial charge is 0.248 e. The van der Waals surface area contributed by atoms with E-state index in [4.69, 9.17) is 15.2 Å². The van der Waals surface area contributed by atoms with Crippen LogP contribution in [0.4, 0.5) is 0 Å². The largest absolute Gasteiger partial charge is 0.381 e. The molecule has 1 saturated heterocycles. The molecule has 0 aromatic rings. The van der Waals surface area contributed by atoms with Crippen LogP contribution in [0.3, 0.4) is 0 Å². The molecule has 1 rings (SSSR count). The second-order valence-corrected chi connectivity index (χ2v) is 4.08. The van der Waals surface area contributed by atoms with Crippen LogP contribution in [0.1, 0.15) is 19.3 Å². The number of carbonyl (C=O) groups excluding carboxylic acids is 1. The first kappa shape index (κ1) is 13.4. The Morgan fingerprint density at radius 1 is 1.50 bits per heavy atom. The van der Waals surface area contributed by atoms with Gasteiger partial charge >= 0.3 is 0 Å². The molecule has 1 heterocycles. The zero-order valence-electron chi connectivity index (χ0n) is 9.98. The third kappa shape index (κ3) is 4.92. The summed E-state index contributed by atoms with van der Waals surface area (Å²) in [7, 11) is 1.78. The quantitative estimate of drug-likeness (QED) is 0.697. The van der Waals surface area contributed by atoms with Gasteiger partial charge in [0.05, 0.1) is 6.10 Å². The molecule has 16 heavy (non-hydrogen) atoms. The first-order valence-corrected chi connectivity index (χ1v) is 5.87. The molecule has 1 fully saturated rings. The van der Waals surface area contributed by atoms with Gasteiger partial charge in [0.15, 0.2) is 0 Å². The molecule has 5 nitrogen and oxygen atoms in total. The van der Waals surface area contributed by atoms with Gasteiger partial charge in [-0.05, 0) is 25.8 Å². The van der Waals surface area contributed by atoms with Gasteiger partial charge in [-0.15, -0.1) is 0 Å². The van der Waals surface area contributed by atoms with Crippen molar-refractivity contribution < 1.29 is 14.3 Å². The van der Waals surface area contributed by atoms with Gasteiger partial charge in [-0.3, -0.25) is 4.79 Å². The number of hydrogen-bond donors (Lipinski definition) is 1. The molecule has 94 valence electrons. The lowest BCUT2D eigenvalue weighted by Crippen LogP contribution is -2.34. The minimum atomic E-state index is 0.0277. The molecule has 0 saturated carbocycles. The fourth-order valence-electron chi connectivity index (χ4n) is 1.60. The normalized spacial score (nSPS) is 17.4. The summed E-state index contributed by atoms with van der Waals surface area (Å²) in [5.74, 6) is 0.0277. The van der Waals surface area contributed by atoms with Crippen molar-refractivity contribution in [1.82, 2.24) is 4.90 Å². The van der Waals surface area contributed by atoms with Crippen molar-refractivity contribution in [2.24, 2.45) is 5.73 Å². The van der Waals surface area contributed by atoms with Crippen LogP contribution in [0, 0.1) is 0 Å². The standard InChI is InChI=1S/C11H22N2O3/c1-13(6-2-5-12)11(14)9-16-10-3-7-15-8-4-10/h10H,2-9,12H2,1H3. The van der Waals surface area contributed by atoms with E-state index in [1.807, 2.05) is 0 Å². The van der Waals surface area contributed by atoms with Crippen molar-refractivity contribution in [3.8, 4) is 0 Å². The van der Waals surface area contributed by atoms with Crippen LogP contribution >= 0.6 is 0 Å². The second-order valence-electron chi connectivity index (χ2n) is 4.08. The highest BCUT2D eigenvalue weighted by molar-refractivity contribution is 5.77. The summed E-state index contributed by atoms with van der Waals surface area (Å²) < 4.78 is 10.8. The van der Waals surface area contributed by atoms with E-state index < -0.39 is 0 Å². The van der Waals surface area contributed by atoms with E-state index in [9.17, 15) is 4.79 Å². The van der Waals surface area contributed by atoms with Crippen LogP contribution < -0.4 is 5.73 Å². The van der Waals surface area contributed by atoms with Crippen LogP contribution in [0.5, 0.6) is 0 Å². The van der Waals surface area contributed by atoms with E-state index >= 15 is 0 Å². The van der Waals surface area contributed by atoms with Crippen molar-refractivity contribution in [1.29, 1.82) is 0 Å². The maximum Gasteiger partial charge on any atom is 0.248 e. The molecular weight excluding hydrogens is 208 g/mol. The number of nitrogens with two attached hydrogens (primary N) is 1. The number of carbonyl (C=O) groups is 1. The van der Waals surface area contributed by atoms with Crippen LogP contribution in [0.15, 0.2) is 0 Å². The Kier molecular flexibility index (Phi) is 6.37.